The molecule has 25 heavy (non-hydrogen) atoms. The van der Waals surface area contributed by atoms with E-state index < -0.39 is 5.82 Å². The number of benzene rings is 1. The predicted molar refractivity (Wildman–Crippen MR) is 90.7 cm³/mol. The van der Waals surface area contributed by atoms with Gasteiger partial charge in [0.05, 0.1) is 29.6 Å². The van der Waals surface area contributed by atoms with E-state index >= 15 is 0 Å². The fourth-order valence-electron chi connectivity index (χ4n) is 2.23. The Hall–Kier alpha value is -2.80. The standard InChI is InChI=1S/C17H15ClFN5O/c18-15-8-12(3-5-16(15)19)4-6-17(25)21-9-13-11-24(23-22-13)14-2-1-7-20-10-14/h1-3,5,7-8,10-11H,4,6,9H2,(H,21,25). The molecule has 0 unspecified atom stereocenters. The molecule has 6 nitrogen and oxygen atoms in total. The maximum absolute atomic E-state index is 13.1. The van der Waals surface area contributed by atoms with Crippen molar-refractivity contribution >= 4 is 17.5 Å². The van der Waals surface area contributed by atoms with E-state index in [1.54, 1.807) is 35.4 Å². The van der Waals surface area contributed by atoms with Gasteiger partial charge in [-0.25, -0.2) is 9.07 Å². The van der Waals surface area contributed by atoms with E-state index in [9.17, 15) is 9.18 Å². The molecule has 0 fully saturated rings. The highest BCUT2D eigenvalue weighted by atomic mass is 35.5. The molecule has 0 radical (unpaired) electrons. The van der Waals surface area contributed by atoms with Crippen LogP contribution in [-0.2, 0) is 17.8 Å². The van der Waals surface area contributed by atoms with E-state index in [1.807, 2.05) is 6.07 Å². The number of aromatic nitrogens is 4. The van der Waals surface area contributed by atoms with Gasteiger partial charge in [-0.2, -0.15) is 0 Å². The minimum atomic E-state index is -0.466. The summed E-state index contributed by atoms with van der Waals surface area (Å²) in [4.78, 5) is 16.0. The number of halogens is 2. The van der Waals surface area contributed by atoms with Gasteiger partial charge in [-0.05, 0) is 36.2 Å². The number of hydrogen-bond donors (Lipinski definition) is 1. The third-order valence-corrected chi connectivity index (χ3v) is 3.83. The van der Waals surface area contributed by atoms with Gasteiger partial charge in [0.1, 0.15) is 11.5 Å². The van der Waals surface area contributed by atoms with Gasteiger partial charge < -0.3 is 5.32 Å². The topological polar surface area (TPSA) is 72.7 Å². The largest absolute Gasteiger partial charge is 0.350 e. The molecule has 1 N–H and O–H groups in total. The van der Waals surface area contributed by atoms with E-state index in [4.69, 9.17) is 11.6 Å². The predicted octanol–water partition coefficient (Wildman–Crippen LogP) is 2.70. The molecule has 0 aliphatic rings. The Morgan fingerprint density at radius 3 is 2.96 bits per heavy atom. The minimum Gasteiger partial charge on any atom is -0.350 e. The Bertz CT molecular complexity index is 868. The van der Waals surface area contributed by atoms with Crippen LogP contribution in [0.2, 0.25) is 5.02 Å². The lowest BCUT2D eigenvalue weighted by Crippen LogP contribution is -2.23. The van der Waals surface area contributed by atoms with Crippen molar-refractivity contribution in [2.75, 3.05) is 0 Å². The normalized spacial score (nSPS) is 10.6. The van der Waals surface area contributed by atoms with Gasteiger partial charge in [0.2, 0.25) is 5.91 Å². The second-order valence-electron chi connectivity index (χ2n) is 5.39. The van der Waals surface area contributed by atoms with Gasteiger partial charge in [0, 0.05) is 12.6 Å². The zero-order valence-corrected chi connectivity index (χ0v) is 13.9. The highest BCUT2D eigenvalue weighted by Crippen LogP contribution is 2.17. The van der Waals surface area contributed by atoms with E-state index in [2.05, 4.69) is 20.6 Å². The summed E-state index contributed by atoms with van der Waals surface area (Å²) in [5.41, 5.74) is 2.24. The highest BCUT2D eigenvalue weighted by Gasteiger charge is 2.07. The summed E-state index contributed by atoms with van der Waals surface area (Å²) in [6.45, 7) is 0.281. The number of nitrogens with zero attached hydrogens (tertiary/aromatic N) is 4. The Kier molecular flexibility index (Phi) is 5.35. The number of aryl methyl sites for hydroxylation is 1. The summed E-state index contributed by atoms with van der Waals surface area (Å²) in [5.74, 6) is -0.594. The molecule has 0 atom stereocenters. The first-order valence-corrected chi connectivity index (χ1v) is 8.02. The van der Waals surface area contributed by atoms with Crippen molar-refractivity contribution in [1.29, 1.82) is 0 Å². The third-order valence-electron chi connectivity index (χ3n) is 3.54. The van der Waals surface area contributed by atoms with E-state index in [0.717, 1.165) is 11.3 Å². The minimum absolute atomic E-state index is 0.0601. The first-order valence-electron chi connectivity index (χ1n) is 7.64. The van der Waals surface area contributed by atoms with Crippen LogP contribution in [0.25, 0.3) is 5.69 Å². The lowest BCUT2D eigenvalue weighted by molar-refractivity contribution is -0.121. The molecule has 0 spiro atoms. The smallest absolute Gasteiger partial charge is 0.220 e. The second-order valence-corrected chi connectivity index (χ2v) is 5.80. The Balaban J connectivity index is 1.49. The molecule has 2 aromatic heterocycles. The molecule has 3 aromatic rings. The Labute approximate surface area is 148 Å². The molecule has 1 aromatic carbocycles. The number of amides is 1. The summed E-state index contributed by atoms with van der Waals surface area (Å²) < 4.78 is 14.7. The quantitative estimate of drug-likeness (QED) is 0.734. The molecule has 0 saturated heterocycles. The SMILES string of the molecule is O=C(CCc1ccc(F)c(Cl)c1)NCc1cn(-c2cccnc2)nn1. The number of hydrogen-bond acceptors (Lipinski definition) is 4. The fourth-order valence-corrected chi connectivity index (χ4v) is 2.43. The van der Waals surface area contributed by atoms with Gasteiger partial charge in [-0.15, -0.1) is 5.10 Å². The first-order chi connectivity index (χ1) is 12.1. The molecular weight excluding hydrogens is 345 g/mol. The van der Waals surface area contributed by atoms with Crippen LogP contribution in [0.1, 0.15) is 17.7 Å². The average molecular weight is 360 g/mol. The summed E-state index contributed by atoms with van der Waals surface area (Å²) in [6, 6.07) is 8.11. The van der Waals surface area contributed by atoms with Crippen molar-refractivity contribution in [2.24, 2.45) is 0 Å². The van der Waals surface area contributed by atoms with Crippen LogP contribution in [0.15, 0.2) is 48.9 Å². The van der Waals surface area contributed by atoms with Crippen LogP contribution in [0.5, 0.6) is 0 Å². The van der Waals surface area contributed by atoms with E-state index in [0.29, 0.717) is 12.1 Å². The molecule has 0 aliphatic heterocycles. The molecule has 0 bridgehead atoms. The van der Waals surface area contributed by atoms with Crippen LogP contribution in [0, 0.1) is 5.82 Å². The van der Waals surface area contributed by atoms with Crippen molar-refractivity contribution in [3.05, 3.63) is 71.0 Å². The molecule has 3 rings (SSSR count). The lowest BCUT2D eigenvalue weighted by atomic mass is 10.1. The van der Waals surface area contributed by atoms with E-state index in [1.165, 1.54) is 12.1 Å². The van der Waals surface area contributed by atoms with E-state index in [-0.39, 0.29) is 23.9 Å². The van der Waals surface area contributed by atoms with Crippen molar-refractivity contribution in [3.63, 3.8) is 0 Å². The highest BCUT2D eigenvalue weighted by molar-refractivity contribution is 6.30. The third kappa shape index (κ3) is 4.60. The van der Waals surface area contributed by atoms with Crippen molar-refractivity contribution < 1.29 is 9.18 Å². The molecule has 0 aliphatic carbocycles. The molecular formula is C17H15ClFN5O. The number of nitrogens with one attached hydrogen (secondary N) is 1. The van der Waals surface area contributed by atoms with Gasteiger partial charge in [-0.1, -0.05) is 22.9 Å². The monoisotopic (exact) mass is 359 g/mol. The van der Waals surface area contributed by atoms with Crippen LogP contribution >= 0.6 is 11.6 Å². The van der Waals surface area contributed by atoms with Crippen molar-refractivity contribution in [3.8, 4) is 5.69 Å². The Morgan fingerprint density at radius 2 is 2.20 bits per heavy atom. The van der Waals surface area contributed by atoms with Crippen LogP contribution in [0.4, 0.5) is 4.39 Å². The van der Waals surface area contributed by atoms with Gasteiger partial charge in [0.25, 0.3) is 0 Å². The Morgan fingerprint density at radius 1 is 1.32 bits per heavy atom. The maximum Gasteiger partial charge on any atom is 0.220 e. The number of carbonyl (C=O) groups is 1. The molecule has 128 valence electrons. The molecule has 8 heteroatoms. The lowest BCUT2D eigenvalue weighted by Gasteiger charge is -2.04. The van der Waals surface area contributed by atoms with Crippen molar-refractivity contribution in [2.45, 2.75) is 19.4 Å². The molecule has 2 heterocycles. The second kappa shape index (κ2) is 7.85. The average Bonchev–Trinajstić information content (AvgIpc) is 3.11. The van der Waals surface area contributed by atoms with Crippen molar-refractivity contribution in [1.82, 2.24) is 25.3 Å². The summed E-state index contributed by atoms with van der Waals surface area (Å²) in [6.07, 6.45) is 5.84. The zero-order chi connectivity index (χ0) is 17.6. The van der Waals surface area contributed by atoms with Crippen LogP contribution in [0.3, 0.4) is 0 Å². The van der Waals surface area contributed by atoms with Gasteiger partial charge in [0.15, 0.2) is 0 Å². The fraction of sp³-hybridized carbons (Fsp3) is 0.176. The first kappa shape index (κ1) is 17.0. The molecule has 1 amide bonds. The number of rotatable bonds is 6. The van der Waals surface area contributed by atoms with Gasteiger partial charge in [-0.3, -0.25) is 9.78 Å². The number of pyridine rings is 1. The molecule has 0 saturated carbocycles. The summed E-state index contributed by atoms with van der Waals surface area (Å²) in [5, 5.41) is 10.9. The summed E-state index contributed by atoms with van der Waals surface area (Å²) in [7, 11) is 0. The maximum atomic E-state index is 13.1. The van der Waals surface area contributed by atoms with Gasteiger partial charge >= 0.3 is 0 Å². The van der Waals surface area contributed by atoms with Crippen LogP contribution < -0.4 is 5.32 Å². The zero-order valence-electron chi connectivity index (χ0n) is 13.2. The number of carbonyl (C=O) groups excluding carboxylic acids is 1. The van der Waals surface area contributed by atoms with Crippen LogP contribution in [-0.4, -0.2) is 25.9 Å². The summed E-state index contributed by atoms with van der Waals surface area (Å²) >= 11 is 5.73.